The molecule has 2 saturated heterocycles. The van der Waals surface area contributed by atoms with Gasteiger partial charge in [-0.3, -0.25) is 14.1 Å². The number of imidazole rings is 1. The first kappa shape index (κ1) is 24.9. The summed E-state index contributed by atoms with van der Waals surface area (Å²) in [6.07, 6.45) is 3.85. The maximum atomic E-state index is 13.7. The number of H-pyrrole nitrogens is 2. The molecule has 0 aliphatic carbocycles. The van der Waals surface area contributed by atoms with Gasteiger partial charge in [-0.05, 0) is 30.2 Å². The highest BCUT2D eigenvalue weighted by atomic mass is 19.1. The molecule has 6 rings (SSSR count). The molecule has 2 amide bonds. The molecular formula is C27H29FN7O4+. The van der Waals surface area contributed by atoms with E-state index in [2.05, 4.69) is 19.9 Å². The second-order valence-electron chi connectivity index (χ2n) is 9.92. The van der Waals surface area contributed by atoms with Gasteiger partial charge in [0.05, 0.1) is 24.6 Å². The van der Waals surface area contributed by atoms with Gasteiger partial charge in [0.2, 0.25) is 11.4 Å². The molecular weight excluding hydrogens is 505 g/mol. The summed E-state index contributed by atoms with van der Waals surface area (Å²) in [7, 11) is 1.73. The highest BCUT2D eigenvalue weighted by Gasteiger charge is 2.31. The molecule has 0 bridgehead atoms. The number of fused-ring (bicyclic) bond motifs is 1. The molecule has 2 aliphatic rings. The number of aromatic amines is 2. The number of nitrogens with one attached hydrogen (secondary N) is 2. The molecule has 3 N–H and O–H groups in total. The monoisotopic (exact) mass is 534 g/mol. The first-order valence-electron chi connectivity index (χ1n) is 12.8. The van der Waals surface area contributed by atoms with Gasteiger partial charge >= 0.3 is 17.4 Å². The van der Waals surface area contributed by atoms with Crippen molar-refractivity contribution >= 4 is 23.1 Å². The third-order valence-corrected chi connectivity index (χ3v) is 7.28. The number of morpholine rings is 1. The van der Waals surface area contributed by atoms with E-state index in [1.807, 2.05) is 6.07 Å². The molecule has 2 fully saturated rings. The van der Waals surface area contributed by atoms with E-state index in [9.17, 15) is 19.1 Å². The molecule has 39 heavy (non-hydrogen) atoms. The predicted octanol–water partition coefficient (Wildman–Crippen LogP) is 1.96. The summed E-state index contributed by atoms with van der Waals surface area (Å²) in [6.45, 7) is 5.08. The molecule has 5 heterocycles. The average Bonchev–Trinajstić information content (AvgIpc) is 3.54. The summed E-state index contributed by atoms with van der Waals surface area (Å²) in [5, 5.41) is 11.0. The number of aromatic hydroxyl groups is 1. The van der Waals surface area contributed by atoms with Crippen molar-refractivity contribution in [3.63, 3.8) is 0 Å². The van der Waals surface area contributed by atoms with Gasteiger partial charge in [0.25, 0.3) is 0 Å². The normalized spacial score (nSPS) is 16.1. The number of ether oxygens (including phenoxy) is 1. The van der Waals surface area contributed by atoms with Crippen molar-refractivity contribution in [2.24, 2.45) is 0 Å². The lowest BCUT2D eigenvalue weighted by Gasteiger charge is -2.30. The van der Waals surface area contributed by atoms with Crippen LogP contribution in [0.2, 0.25) is 0 Å². The maximum Gasteiger partial charge on any atom is 0.324 e. The number of carbonyl (C=O) groups is 1. The van der Waals surface area contributed by atoms with Gasteiger partial charge in [-0.2, -0.15) is 0 Å². The van der Waals surface area contributed by atoms with E-state index >= 15 is 0 Å². The summed E-state index contributed by atoms with van der Waals surface area (Å²) in [6, 6.07) is 6.59. The van der Waals surface area contributed by atoms with E-state index in [-0.39, 0.29) is 23.2 Å². The minimum Gasteiger partial charge on any atom is -0.501 e. The third kappa shape index (κ3) is 4.46. The Morgan fingerprint density at radius 3 is 2.67 bits per heavy atom. The zero-order valence-corrected chi connectivity index (χ0v) is 21.7. The van der Waals surface area contributed by atoms with Crippen molar-refractivity contribution in [1.82, 2.24) is 19.3 Å². The summed E-state index contributed by atoms with van der Waals surface area (Å²) < 4.78 is 20.4. The summed E-state index contributed by atoms with van der Waals surface area (Å²) >= 11 is 0. The number of amides is 2. The number of hydrogen-bond donors (Lipinski definition) is 2. The fraction of sp³-hybridized carbons (Fsp3) is 0.333. The maximum absolute atomic E-state index is 13.7. The van der Waals surface area contributed by atoms with Gasteiger partial charge in [0, 0.05) is 45.8 Å². The molecule has 202 valence electrons. The number of rotatable bonds is 5. The van der Waals surface area contributed by atoms with Gasteiger partial charge in [-0.15, -0.1) is 0 Å². The third-order valence-electron chi connectivity index (χ3n) is 7.28. The topological polar surface area (TPSA) is 121 Å². The van der Waals surface area contributed by atoms with E-state index in [0.717, 1.165) is 16.9 Å². The molecule has 0 spiro atoms. The van der Waals surface area contributed by atoms with Gasteiger partial charge < -0.3 is 19.6 Å². The lowest BCUT2D eigenvalue weighted by molar-refractivity contribution is -0.362. The number of aryl methyl sites for hydroxylation is 1. The summed E-state index contributed by atoms with van der Waals surface area (Å²) in [5.74, 6) is -0.447. The van der Waals surface area contributed by atoms with E-state index in [0.29, 0.717) is 62.9 Å². The Morgan fingerprint density at radius 2 is 1.95 bits per heavy atom. The number of carbonyl (C=O) groups excluding carboxylic acids is 1. The minimum atomic E-state index is -0.648. The Labute approximate surface area is 223 Å². The van der Waals surface area contributed by atoms with Crippen molar-refractivity contribution in [1.29, 1.82) is 0 Å². The molecule has 0 saturated carbocycles. The SMILES string of the molecule is Cc1cc(Cc2c[nH+]c(-c3nc4c(N5CCN(C)C5=O)cc(N5CCOCC5)cn4c(=O)c3O)[nH]2)ccc1F. The summed E-state index contributed by atoms with van der Waals surface area (Å²) in [4.78, 5) is 42.7. The minimum absolute atomic E-state index is 0.0434. The molecule has 11 nitrogen and oxygen atoms in total. The van der Waals surface area contributed by atoms with E-state index in [4.69, 9.17) is 4.74 Å². The Hall–Kier alpha value is -4.45. The van der Waals surface area contributed by atoms with Crippen LogP contribution in [0.1, 0.15) is 16.8 Å². The lowest BCUT2D eigenvalue weighted by atomic mass is 10.1. The fourth-order valence-corrected chi connectivity index (χ4v) is 5.09. The van der Waals surface area contributed by atoms with Crippen LogP contribution in [-0.2, 0) is 11.2 Å². The molecule has 3 aromatic heterocycles. The number of halogens is 1. The number of likely N-dealkylation sites (N-methyl/N-ethyl adjacent to an activating group) is 1. The van der Waals surface area contributed by atoms with Crippen molar-refractivity contribution in [2.45, 2.75) is 13.3 Å². The van der Waals surface area contributed by atoms with Crippen LogP contribution in [0, 0.1) is 12.7 Å². The zero-order valence-electron chi connectivity index (χ0n) is 21.7. The second-order valence-corrected chi connectivity index (χ2v) is 9.92. The van der Waals surface area contributed by atoms with Gasteiger partial charge in [0.1, 0.15) is 17.7 Å². The smallest absolute Gasteiger partial charge is 0.324 e. The van der Waals surface area contributed by atoms with Crippen molar-refractivity contribution < 1.29 is 24.0 Å². The molecule has 4 aromatic rings. The Bertz CT molecular complexity index is 1640. The first-order chi connectivity index (χ1) is 18.8. The van der Waals surface area contributed by atoms with E-state index < -0.39 is 11.3 Å². The quantitative estimate of drug-likeness (QED) is 0.404. The van der Waals surface area contributed by atoms with Crippen LogP contribution in [0.4, 0.5) is 20.6 Å². The number of nitrogens with zero attached hydrogens (tertiary/aromatic N) is 5. The van der Waals surface area contributed by atoms with Crippen LogP contribution in [0.15, 0.2) is 41.5 Å². The van der Waals surface area contributed by atoms with Gasteiger partial charge in [-0.25, -0.2) is 24.1 Å². The zero-order chi connectivity index (χ0) is 27.3. The number of pyridine rings is 1. The Kier molecular flexibility index (Phi) is 6.18. The summed E-state index contributed by atoms with van der Waals surface area (Å²) in [5.41, 5.74) is 3.09. The van der Waals surface area contributed by atoms with Crippen LogP contribution >= 0.6 is 0 Å². The van der Waals surface area contributed by atoms with E-state index in [1.165, 1.54) is 10.5 Å². The standard InChI is InChI=1S/C27H28FN7O4/c1-16-11-17(3-4-20(16)28)12-18-14-29-24(30-18)22-23(36)26(37)35-15-19(33-7-9-39-10-8-33)13-21(25(35)31-22)34-6-5-32(2)27(34)38/h3-4,11,13-15,36H,5-10,12H2,1-2H3,(H,29,30)/p+1. The number of aromatic nitrogens is 4. The fourth-order valence-electron chi connectivity index (χ4n) is 5.09. The molecule has 12 heteroatoms. The number of benzene rings is 1. The van der Waals surface area contributed by atoms with Crippen molar-refractivity contribution in [2.75, 3.05) is 56.2 Å². The van der Waals surface area contributed by atoms with Crippen LogP contribution in [0.25, 0.3) is 17.2 Å². The number of anilines is 2. The van der Waals surface area contributed by atoms with Gasteiger partial charge in [-0.1, -0.05) is 12.1 Å². The number of urea groups is 1. The largest absolute Gasteiger partial charge is 0.501 e. The molecule has 0 radical (unpaired) electrons. The Balaban J connectivity index is 1.45. The Morgan fingerprint density at radius 1 is 1.15 bits per heavy atom. The van der Waals surface area contributed by atoms with Crippen LogP contribution < -0.4 is 20.3 Å². The van der Waals surface area contributed by atoms with Crippen LogP contribution in [-0.4, -0.2) is 76.8 Å². The predicted molar refractivity (Wildman–Crippen MR) is 142 cm³/mol. The lowest BCUT2D eigenvalue weighted by Crippen LogP contribution is -2.37. The molecule has 0 atom stereocenters. The van der Waals surface area contributed by atoms with E-state index in [1.54, 1.807) is 48.3 Å². The van der Waals surface area contributed by atoms with Crippen LogP contribution in [0.5, 0.6) is 5.75 Å². The molecule has 2 aliphatic heterocycles. The first-order valence-corrected chi connectivity index (χ1v) is 12.8. The highest BCUT2D eigenvalue weighted by molar-refractivity contribution is 5.98. The average molecular weight is 535 g/mol. The second kappa shape index (κ2) is 9.70. The van der Waals surface area contributed by atoms with Gasteiger partial charge in [0.15, 0.2) is 5.65 Å². The van der Waals surface area contributed by atoms with Crippen LogP contribution in [0.3, 0.4) is 0 Å². The molecule has 1 aromatic carbocycles. The van der Waals surface area contributed by atoms with Crippen molar-refractivity contribution in [3.05, 3.63) is 69.7 Å². The number of hydrogen-bond acceptors (Lipinski definition) is 6. The highest BCUT2D eigenvalue weighted by Crippen LogP contribution is 2.31. The molecule has 0 unspecified atom stereocenters. The van der Waals surface area contributed by atoms with Crippen molar-refractivity contribution in [3.8, 4) is 17.3 Å².